The quantitative estimate of drug-likeness (QED) is 0.227. The average molecular weight is 539 g/mol. The number of nitrogens with one attached hydrogen (secondary N) is 1. The van der Waals surface area contributed by atoms with Crippen molar-refractivity contribution in [1.29, 1.82) is 0 Å². The van der Waals surface area contributed by atoms with Crippen LogP contribution in [0.2, 0.25) is 0 Å². The smallest absolute Gasteiger partial charge is 0.340 e. The van der Waals surface area contributed by atoms with Crippen LogP contribution in [-0.4, -0.2) is 12.5 Å². The fourth-order valence-electron chi connectivity index (χ4n) is 6.11. The van der Waals surface area contributed by atoms with Gasteiger partial charge >= 0.3 is 5.97 Å². The van der Waals surface area contributed by atoms with Crippen LogP contribution in [0.1, 0.15) is 45.1 Å². The minimum absolute atomic E-state index is 0.342. The number of ether oxygens (including phenoxy) is 2. The van der Waals surface area contributed by atoms with Crippen molar-refractivity contribution in [1.82, 2.24) is 0 Å². The molecule has 5 nitrogen and oxygen atoms in total. The van der Waals surface area contributed by atoms with Gasteiger partial charge in [0.25, 0.3) is 0 Å². The highest BCUT2D eigenvalue weighted by molar-refractivity contribution is 5.98. The number of rotatable bonds is 5. The molecule has 0 amide bonds. The molecule has 0 bridgehead atoms. The van der Waals surface area contributed by atoms with Crippen molar-refractivity contribution in [2.45, 2.75) is 26.4 Å². The number of carbonyl (C=O) groups excluding carboxylic acids is 1. The van der Waals surface area contributed by atoms with Crippen molar-refractivity contribution < 1.29 is 14.3 Å². The Labute approximate surface area is 240 Å². The zero-order valence-corrected chi connectivity index (χ0v) is 23.3. The maximum Gasteiger partial charge on any atom is 0.340 e. The molecule has 2 aliphatic rings. The Hall–Kier alpha value is -5.03. The summed E-state index contributed by atoms with van der Waals surface area (Å²) in [5.41, 5.74) is 7.91. The normalized spacial score (nSPS) is 16.3. The van der Waals surface area contributed by atoms with E-state index in [1.807, 2.05) is 72.8 Å². The van der Waals surface area contributed by atoms with E-state index in [1.54, 1.807) is 0 Å². The molecule has 0 radical (unpaired) electrons. The van der Waals surface area contributed by atoms with E-state index < -0.39 is 5.60 Å². The lowest BCUT2D eigenvalue weighted by Crippen LogP contribution is -2.35. The molecule has 1 atom stereocenters. The Kier molecular flexibility index (Phi) is 5.82. The summed E-state index contributed by atoms with van der Waals surface area (Å²) in [5, 5.41) is 3.56. The lowest BCUT2D eigenvalue weighted by atomic mass is 9.76. The van der Waals surface area contributed by atoms with Crippen LogP contribution in [0.3, 0.4) is 0 Å². The molecule has 5 aromatic rings. The SMILES string of the molecule is CCN(c1ccc(C)cc1)c1cccc2c1C1(OC(=O)c3ccccc31)c1cc(Nc3ccccc3)c(C)cc1O2. The third-order valence-corrected chi connectivity index (χ3v) is 8.06. The molecule has 0 saturated carbocycles. The molecule has 0 aromatic heterocycles. The molecule has 1 unspecified atom stereocenters. The molecule has 2 aliphatic heterocycles. The van der Waals surface area contributed by atoms with Crippen LogP contribution in [0.15, 0.2) is 109 Å². The number of fused-ring (bicyclic) bond motifs is 6. The largest absolute Gasteiger partial charge is 0.456 e. The van der Waals surface area contributed by atoms with Gasteiger partial charge in [-0.15, -0.1) is 0 Å². The summed E-state index contributed by atoms with van der Waals surface area (Å²) in [6, 6.07) is 36.4. The number of anilines is 4. The Morgan fingerprint density at radius 1 is 0.780 bits per heavy atom. The number of hydrogen-bond acceptors (Lipinski definition) is 5. The van der Waals surface area contributed by atoms with E-state index in [4.69, 9.17) is 9.47 Å². The summed E-state index contributed by atoms with van der Waals surface area (Å²) in [7, 11) is 0. The second-order valence-electron chi connectivity index (χ2n) is 10.6. The van der Waals surface area contributed by atoms with Crippen molar-refractivity contribution in [3.05, 3.63) is 143 Å². The van der Waals surface area contributed by atoms with Crippen LogP contribution in [0.4, 0.5) is 22.7 Å². The molecular weight excluding hydrogens is 508 g/mol. The molecule has 41 heavy (non-hydrogen) atoms. The lowest BCUT2D eigenvalue weighted by molar-refractivity contribution is 0.0226. The van der Waals surface area contributed by atoms with Crippen molar-refractivity contribution in [2.24, 2.45) is 0 Å². The van der Waals surface area contributed by atoms with E-state index in [1.165, 1.54) is 5.56 Å². The first-order valence-corrected chi connectivity index (χ1v) is 13.9. The van der Waals surface area contributed by atoms with Gasteiger partial charge in [-0.1, -0.05) is 60.2 Å². The van der Waals surface area contributed by atoms with Gasteiger partial charge in [0, 0.05) is 34.7 Å². The van der Waals surface area contributed by atoms with Crippen LogP contribution in [0.5, 0.6) is 11.5 Å². The van der Waals surface area contributed by atoms with Gasteiger partial charge in [-0.2, -0.15) is 0 Å². The molecule has 1 N–H and O–H groups in total. The third-order valence-electron chi connectivity index (χ3n) is 8.06. The number of benzene rings is 5. The number of para-hydroxylation sites is 1. The first-order chi connectivity index (χ1) is 20.0. The van der Waals surface area contributed by atoms with Gasteiger partial charge in [0.05, 0.1) is 16.8 Å². The lowest BCUT2D eigenvalue weighted by Gasteiger charge is -2.40. The van der Waals surface area contributed by atoms with E-state index >= 15 is 0 Å². The molecule has 5 aromatic carbocycles. The molecule has 7 rings (SSSR count). The summed E-state index contributed by atoms with van der Waals surface area (Å²) < 4.78 is 13.2. The van der Waals surface area contributed by atoms with E-state index in [9.17, 15) is 4.79 Å². The van der Waals surface area contributed by atoms with Crippen molar-refractivity contribution in [3.63, 3.8) is 0 Å². The van der Waals surface area contributed by atoms with Gasteiger partial charge in [-0.05, 0) is 80.9 Å². The van der Waals surface area contributed by atoms with Crippen LogP contribution in [0.25, 0.3) is 0 Å². The van der Waals surface area contributed by atoms with E-state index in [0.717, 1.165) is 45.0 Å². The summed E-state index contributed by atoms with van der Waals surface area (Å²) in [5.74, 6) is 1.01. The molecular formula is C36H30N2O3. The van der Waals surface area contributed by atoms with E-state index in [2.05, 4.69) is 67.4 Å². The molecule has 5 heteroatoms. The fraction of sp³-hybridized carbons (Fsp3) is 0.139. The third kappa shape index (κ3) is 3.88. The van der Waals surface area contributed by atoms with Gasteiger partial charge < -0.3 is 19.7 Å². The topological polar surface area (TPSA) is 50.8 Å². The minimum Gasteiger partial charge on any atom is -0.456 e. The Morgan fingerprint density at radius 2 is 1.54 bits per heavy atom. The van der Waals surface area contributed by atoms with Gasteiger partial charge in [-0.3, -0.25) is 0 Å². The fourth-order valence-corrected chi connectivity index (χ4v) is 6.11. The molecule has 0 aliphatic carbocycles. The maximum absolute atomic E-state index is 13.6. The monoisotopic (exact) mass is 538 g/mol. The predicted molar refractivity (Wildman–Crippen MR) is 163 cm³/mol. The standard InChI is InChI=1S/C36H30N2O3/c1-4-38(26-19-17-23(2)18-20-26)31-15-10-16-32-34(31)36(28-14-9-8-13-27(28)35(39)41-36)29-22-30(24(3)21-33(29)40-32)37-25-11-6-5-7-12-25/h5-22,37H,4H2,1-3H3. The number of aryl methyl sites for hydroxylation is 2. The summed E-state index contributed by atoms with van der Waals surface area (Å²) in [6.07, 6.45) is 0. The number of nitrogens with zero attached hydrogens (tertiary/aromatic N) is 1. The first-order valence-electron chi connectivity index (χ1n) is 13.9. The second kappa shape index (κ2) is 9.56. The number of esters is 1. The second-order valence-corrected chi connectivity index (χ2v) is 10.6. The van der Waals surface area contributed by atoms with Crippen LogP contribution >= 0.6 is 0 Å². The Morgan fingerprint density at radius 3 is 2.32 bits per heavy atom. The molecule has 202 valence electrons. The Balaban J connectivity index is 1.50. The first kappa shape index (κ1) is 25.0. The highest BCUT2D eigenvalue weighted by Crippen LogP contribution is 2.59. The summed E-state index contributed by atoms with van der Waals surface area (Å²) in [4.78, 5) is 15.8. The van der Waals surface area contributed by atoms with Crippen molar-refractivity contribution in [3.8, 4) is 11.5 Å². The van der Waals surface area contributed by atoms with Crippen molar-refractivity contribution in [2.75, 3.05) is 16.8 Å². The maximum atomic E-state index is 13.6. The molecule has 0 saturated heterocycles. The van der Waals surface area contributed by atoms with Gasteiger partial charge in [0.1, 0.15) is 11.5 Å². The molecule has 1 spiro atoms. The van der Waals surface area contributed by atoms with E-state index in [-0.39, 0.29) is 5.97 Å². The highest BCUT2D eigenvalue weighted by Gasteiger charge is 2.55. The zero-order valence-electron chi connectivity index (χ0n) is 23.3. The zero-order chi connectivity index (χ0) is 28.1. The highest BCUT2D eigenvalue weighted by atomic mass is 16.6. The molecule has 2 heterocycles. The summed E-state index contributed by atoms with van der Waals surface area (Å²) >= 11 is 0. The van der Waals surface area contributed by atoms with Crippen LogP contribution in [0, 0.1) is 13.8 Å². The number of hydrogen-bond donors (Lipinski definition) is 1. The van der Waals surface area contributed by atoms with E-state index in [0.29, 0.717) is 23.6 Å². The number of carbonyl (C=O) groups is 1. The van der Waals surface area contributed by atoms with Gasteiger partial charge in [-0.25, -0.2) is 4.79 Å². The van der Waals surface area contributed by atoms with Crippen LogP contribution in [-0.2, 0) is 10.3 Å². The van der Waals surface area contributed by atoms with Gasteiger partial charge in [0.15, 0.2) is 5.60 Å². The van der Waals surface area contributed by atoms with Crippen molar-refractivity contribution >= 4 is 28.7 Å². The molecule has 0 fully saturated rings. The van der Waals surface area contributed by atoms with Gasteiger partial charge in [0.2, 0.25) is 0 Å². The minimum atomic E-state index is -1.19. The average Bonchev–Trinajstić information content (AvgIpc) is 3.28. The van der Waals surface area contributed by atoms with Crippen LogP contribution < -0.4 is 15.0 Å². The Bertz CT molecular complexity index is 1800. The summed E-state index contributed by atoms with van der Waals surface area (Å²) in [6.45, 7) is 6.98. The predicted octanol–water partition coefficient (Wildman–Crippen LogP) is 8.77.